The summed E-state index contributed by atoms with van der Waals surface area (Å²) in [5.41, 5.74) is 4.74. The number of ether oxygens (including phenoxy) is 3. The monoisotopic (exact) mass is 806 g/mol. The number of allylic oxidation sites excluding steroid dienone is 2. The highest BCUT2D eigenvalue weighted by molar-refractivity contribution is 6.30. The van der Waals surface area contributed by atoms with Crippen LogP contribution < -0.4 is 24.7 Å². The first-order valence-corrected chi connectivity index (χ1v) is 19.6. The summed E-state index contributed by atoms with van der Waals surface area (Å²) in [6.07, 6.45) is 2.22. The number of carbonyl (C=O) groups excluding carboxylic acids is 4. The number of phenolic OH excluding ortho intramolecular Hbond substituents is 1. The standard InChI is InChI=1S/C44H40ClFN4O8/c1-56-35-21-24(22-36(57-2)39(35)51)38-31-15-16-32-37(42(54)49(40(32)52)30-13-11-29(12-14-30)48-17-19-58-20-18-48)33(31)23-34-41(53)50(47-28-9-7-27(46)8-10-28)43(55)44(34,38)25-3-5-26(45)6-4-25/h3-15,21-22,32-34,37-38,47,51H,16-20,23H2,1-2H3/t32-,33+,34-,37-,38-,44+/m0/s1. The molecular formula is C44H40ClFN4O8. The van der Waals surface area contributed by atoms with Gasteiger partial charge in [0.05, 0.1) is 62.0 Å². The van der Waals surface area contributed by atoms with Gasteiger partial charge in [-0.15, -0.1) is 0 Å². The molecule has 14 heteroatoms. The van der Waals surface area contributed by atoms with Crippen LogP contribution in [0.3, 0.4) is 0 Å². The van der Waals surface area contributed by atoms with Crippen LogP contribution >= 0.6 is 11.6 Å². The highest BCUT2D eigenvalue weighted by Gasteiger charge is 2.70. The van der Waals surface area contributed by atoms with Gasteiger partial charge < -0.3 is 24.2 Å². The first-order chi connectivity index (χ1) is 28.1. The maximum absolute atomic E-state index is 15.4. The lowest BCUT2D eigenvalue weighted by Gasteiger charge is -2.50. The number of methoxy groups -OCH3 is 2. The predicted octanol–water partition coefficient (Wildman–Crippen LogP) is 6.23. The smallest absolute Gasteiger partial charge is 0.260 e. The molecule has 12 nitrogen and oxygen atoms in total. The number of hydrogen-bond acceptors (Lipinski definition) is 10. The zero-order valence-corrected chi connectivity index (χ0v) is 32.4. The van der Waals surface area contributed by atoms with Crippen LogP contribution in [0.25, 0.3) is 0 Å². The van der Waals surface area contributed by atoms with E-state index in [9.17, 15) is 23.9 Å². The SMILES string of the molecule is COc1cc([C@H]2C3=CC[C@@H]4C(=O)N(c5ccc(N6CCOCC6)cc5)C(=O)[C@@H]4[C@@H]3C[C@H]3C(=O)N(Nc4ccc(F)cc4)C(=O)[C@@]23c2ccc(Cl)cc2)cc(OC)c1O. The third-order valence-electron chi connectivity index (χ3n) is 12.6. The number of hydrazine groups is 1. The average molecular weight is 807 g/mol. The summed E-state index contributed by atoms with van der Waals surface area (Å²) in [5, 5.41) is 12.4. The van der Waals surface area contributed by atoms with E-state index < -0.39 is 52.6 Å². The molecule has 58 heavy (non-hydrogen) atoms. The van der Waals surface area contributed by atoms with Gasteiger partial charge in [-0.25, -0.2) is 4.39 Å². The van der Waals surface area contributed by atoms with Crippen molar-refractivity contribution in [1.82, 2.24) is 5.01 Å². The van der Waals surface area contributed by atoms with Crippen molar-refractivity contribution in [3.8, 4) is 17.2 Å². The molecule has 298 valence electrons. The van der Waals surface area contributed by atoms with E-state index in [0.717, 1.165) is 23.8 Å². The topological polar surface area (TPSA) is 138 Å². The molecule has 2 aliphatic carbocycles. The Hall–Kier alpha value is -5.92. The molecule has 4 aromatic rings. The van der Waals surface area contributed by atoms with Crippen LogP contribution in [0.1, 0.15) is 29.9 Å². The number of aromatic hydroxyl groups is 1. The molecule has 0 bridgehead atoms. The molecule has 0 spiro atoms. The third-order valence-corrected chi connectivity index (χ3v) is 12.8. The summed E-state index contributed by atoms with van der Waals surface area (Å²) in [5.74, 6) is -6.59. The van der Waals surface area contributed by atoms with Crippen LogP contribution in [0.4, 0.5) is 21.5 Å². The van der Waals surface area contributed by atoms with Gasteiger partial charge in [0, 0.05) is 29.7 Å². The largest absolute Gasteiger partial charge is 0.502 e. The van der Waals surface area contributed by atoms with Crippen LogP contribution in [0.5, 0.6) is 17.2 Å². The number of phenols is 1. The minimum atomic E-state index is -1.63. The lowest BCUT2D eigenvalue weighted by atomic mass is 9.49. The van der Waals surface area contributed by atoms with Crippen molar-refractivity contribution < 1.29 is 42.9 Å². The molecule has 4 fully saturated rings. The Balaban J connectivity index is 1.19. The fraction of sp³-hybridized carbons (Fsp3) is 0.318. The number of halogens is 2. The first-order valence-electron chi connectivity index (χ1n) is 19.2. The van der Waals surface area contributed by atoms with E-state index in [0.29, 0.717) is 46.3 Å². The fourth-order valence-electron chi connectivity index (χ4n) is 10.00. The van der Waals surface area contributed by atoms with Gasteiger partial charge in [0.25, 0.3) is 11.8 Å². The Bertz CT molecular complexity index is 2330. The lowest BCUT2D eigenvalue weighted by molar-refractivity contribution is -0.138. The number of benzene rings is 4. The number of anilines is 3. The number of nitrogens with zero attached hydrogens (tertiary/aromatic N) is 3. The zero-order chi connectivity index (χ0) is 40.5. The van der Waals surface area contributed by atoms with Gasteiger partial charge in [-0.2, -0.15) is 5.01 Å². The second-order valence-electron chi connectivity index (χ2n) is 15.3. The molecule has 0 radical (unpaired) electrons. The Morgan fingerprint density at radius 1 is 0.828 bits per heavy atom. The summed E-state index contributed by atoms with van der Waals surface area (Å²) in [6, 6.07) is 22.7. The minimum absolute atomic E-state index is 0.0630. The van der Waals surface area contributed by atoms with Crippen molar-refractivity contribution in [3.05, 3.63) is 119 Å². The Kier molecular flexibility index (Phi) is 9.39. The van der Waals surface area contributed by atoms with E-state index in [4.69, 9.17) is 25.8 Å². The van der Waals surface area contributed by atoms with Crippen molar-refractivity contribution in [2.45, 2.75) is 24.2 Å². The summed E-state index contributed by atoms with van der Waals surface area (Å²) < 4.78 is 30.7. The first kappa shape index (κ1) is 37.6. The molecule has 2 N–H and O–H groups in total. The Morgan fingerprint density at radius 3 is 2.10 bits per heavy atom. The predicted molar refractivity (Wildman–Crippen MR) is 212 cm³/mol. The summed E-state index contributed by atoms with van der Waals surface area (Å²) >= 11 is 6.41. The molecule has 3 aliphatic heterocycles. The molecule has 4 amide bonds. The van der Waals surface area contributed by atoms with Crippen molar-refractivity contribution >= 4 is 52.3 Å². The summed E-state index contributed by atoms with van der Waals surface area (Å²) in [4.78, 5) is 63.0. The highest BCUT2D eigenvalue weighted by atomic mass is 35.5. The van der Waals surface area contributed by atoms with Crippen LogP contribution in [-0.4, -0.2) is 74.3 Å². The van der Waals surface area contributed by atoms with Crippen LogP contribution in [0.15, 0.2) is 96.6 Å². The maximum Gasteiger partial charge on any atom is 0.260 e. The van der Waals surface area contributed by atoms with Crippen LogP contribution in [-0.2, 0) is 29.3 Å². The van der Waals surface area contributed by atoms with E-state index in [-0.39, 0.29) is 41.9 Å². The van der Waals surface area contributed by atoms with E-state index in [2.05, 4.69) is 10.3 Å². The van der Waals surface area contributed by atoms with Gasteiger partial charge in [-0.1, -0.05) is 35.4 Å². The molecule has 1 saturated carbocycles. The van der Waals surface area contributed by atoms with E-state index in [1.54, 1.807) is 48.5 Å². The Labute approximate surface area is 338 Å². The molecule has 5 aliphatic rings. The van der Waals surface area contributed by atoms with E-state index >= 15 is 4.79 Å². The van der Waals surface area contributed by atoms with Crippen LogP contribution in [0, 0.1) is 29.5 Å². The molecule has 6 atom stereocenters. The number of imide groups is 2. The molecule has 0 aromatic heterocycles. The molecule has 3 saturated heterocycles. The van der Waals surface area contributed by atoms with E-state index in [1.165, 1.54) is 43.4 Å². The number of nitrogens with one attached hydrogen (secondary N) is 1. The van der Waals surface area contributed by atoms with Gasteiger partial charge >= 0.3 is 0 Å². The van der Waals surface area contributed by atoms with Gasteiger partial charge in [-0.05, 0) is 103 Å². The number of morpholine rings is 1. The zero-order valence-electron chi connectivity index (χ0n) is 31.7. The van der Waals surface area contributed by atoms with Gasteiger partial charge in [0.15, 0.2) is 11.5 Å². The molecule has 9 rings (SSSR count). The second-order valence-corrected chi connectivity index (χ2v) is 15.7. The molecule has 4 aromatic carbocycles. The highest BCUT2D eigenvalue weighted by Crippen LogP contribution is 2.65. The van der Waals surface area contributed by atoms with Crippen molar-refractivity contribution in [2.75, 3.05) is 55.7 Å². The summed E-state index contributed by atoms with van der Waals surface area (Å²) in [6.45, 7) is 2.70. The van der Waals surface area contributed by atoms with Gasteiger partial charge in [-0.3, -0.25) is 29.5 Å². The van der Waals surface area contributed by atoms with Gasteiger partial charge in [0.1, 0.15) is 5.82 Å². The number of rotatable bonds is 8. The summed E-state index contributed by atoms with van der Waals surface area (Å²) in [7, 11) is 2.79. The number of amides is 4. The third kappa shape index (κ3) is 5.73. The van der Waals surface area contributed by atoms with Crippen molar-refractivity contribution in [1.29, 1.82) is 0 Å². The quantitative estimate of drug-likeness (QED) is 0.156. The van der Waals surface area contributed by atoms with E-state index in [1.807, 2.05) is 18.2 Å². The molecular weight excluding hydrogens is 767 g/mol. The molecule has 3 heterocycles. The van der Waals surface area contributed by atoms with Crippen LogP contribution in [0.2, 0.25) is 5.02 Å². The van der Waals surface area contributed by atoms with Gasteiger partial charge in [0.2, 0.25) is 17.6 Å². The fourth-order valence-corrected chi connectivity index (χ4v) is 10.1. The number of fused-ring (bicyclic) bond motifs is 4. The lowest BCUT2D eigenvalue weighted by Crippen LogP contribution is -2.53. The maximum atomic E-state index is 15.4. The minimum Gasteiger partial charge on any atom is -0.502 e. The number of carbonyl (C=O) groups is 4. The Morgan fingerprint density at radius 2 is 1.47 bits per heavy atom. The second kappa shape index (κ2) is 14.5. The van der Waals surface area contributed by atoms with Crippen molar-refractivity contribution in [2.24, 2.45) is 23.7 Å². The average Bonchev–Trinajstić information content (AvgIpc) is 3.62. The van der Waals surface area contributed by atoms with Crippen molar-refractivity contribution in [3.63, 3.8) is 0 Å². The normalized spacial score (nSPS) is 26.6. The number of hydrogen-bond donors (Lipinski definition) is 2. The molecule has 0 unspecified atom stereocenters.